The van der Waals surface area contributed by atoms with Crippen molar-refractivity contribution in [2.75, 3.05) is 27.7 Å². The van der Waals surface area contributed by atoms with E-state index < -0.39 is 0 Å². The molecule has 1 atom stereocenters. The predicted molar refractivity (Wildman–Crippen MR) is 95.1 cm³/mol. The Labute approximate surface area is 142 Å². The van der Waals surface area contributed by atoms with Gasteiger partial charge in [-0.05, 0) is 49.7 Å². The molecule has 2 rings (SSSR count). The third-order valence-corrected chi connectivity index (χ3v) is 4.74. The Morgan fingerprint density at radius 2 is 2.13 bits per heavy atom. The van der Waals surface area contributed by atoms with E-state index in [4.69, 9.17) is 4.74 Å². The van der Waals surface area contributed by atoms with Crippen molar-refractivity contribution in [2.45, 2.75) is 18.9 Å². The van der Waals surface area contributed by atoms with E-state index in [0.29, 0.717) is 19.4 Å². The van der Waals surface area contributed by atoms with Crippen LogP contribution in [0.3, 0.4) is 0 Å². The lowest BCUT2D eigenvalue weighted by atomic mass is 10.1. The average Bonchev–Trinajstić information content (AvgIpc) is 3.07. The Morgan fingerprint density at radius 3 is 2.78 bits per heavy atom. The number of amides is 1. The number of thiophene rings is 1. The van der Waals surface area contributed by atoms with Crippen LogP contribution in [0, 0.1) is 0 Å². The summed E-state index contributed by atoms with van der Waals surface area (Å²) in [7, 11) is 5.72. The summed E-state index contributed by atoms with van der Waals surface area (Å²) in [6.45, 7) is 0.629. The van der Waals surface area contributed by atoms with Crippen LogP contribution in [0.1, 0.15) is 22.9 Å². The molecule has 0 saturated heterocycles. The first-order valence-electron chi connectivity index (χ1n) is 7.69. The van der Waals surface area contributed by atoms with Gasteiger partial charge in [0, 0.05) is 17.8 Å². The Balaban J connectivity index is 1.82. The van der Waals surface area contributed by atoms with Gasteiger partial charge in [-0.2, -0.15) is 0 Å². The van der Waals surface area contributed by atoms with Gasteiger partial charge in [0.05, 0.1) is 13.2 Å². The molecule has 1 unspecified atom stereocenters. The molecule has 0 bridgehead atoms. The summed E-state index contributed by atoms with van der Waals surface area (Å²) in [6, 6.07) is 12.2. The number of carbonyl (C=O) groups is 1. The van der Waals surface area contributed by atoms with Gasteiger partial charge >= 0.3 is 0 Å². The molecule has 0 saturated carbocycles. The van der Waals surface area contributed by atoms with Crippen molar-refractivity contribution in [1.82, 2.24) is 10.2 Å². The van der Waals surface area contributed by atoms with Gasteiger partial charge in [-0.15, -0.1) is 11.3 Å². The van der Waals surface area contributed by atoms with Gasteiger partial charge in [0.2, 0.25) is 5.91 Å². The van der Waals surface area contributed by atoms with E-state index in [0.717, 1.165) is 11.3 Å². The zero-order valence-corrected chi connectivity index (χ0v) is 14.7. The highest BCUT2D eigenvalue weighted by atomic mass is 32.1. The maximum absolute atomic E-state index is 12.1. The number of nitrogens with one attached hydrogen (secondary N) is 1. The van der Waals surface area contributed by atoms with Crippen LogP contribution in [0.15, 0.2) is 41.8 Å². The van der Waals surface area contributed by atoms with Crippen molar-refractivity contribution in [1.29, 1.82) is 0 Å². The molecule has 1 heterocycles. The molecule has 0 aliphatic carbocycles. The lowest BCUT2D eigenvalue weighted by Gasteiger charge is -2.23. The Kier molecular flexibility index (Phi) is 6.62. The summed E-state index contributed by atoms with van der Waals surface area (Å²) < 4.78 is 5.20. The lowest BCUT2D eigenvalue weighted by Crippen LogP contribution is -2.34. The number of benzene rings is 1. The van der Waals surface area contributed by atoms with Crippen LogP contribution < -0.4 is 10.1 Å². The third kappa shape index (κ3) is 5.37. The van der Waals surface area contributed by atoms with Crippen molar-refractivity contribution >= 4 is 17.2 Å². The molecule has 5 heteroatoms. The molecular weight excluding hydrogens is 308 g/mol. The van der Waals surface area contributed by atoms with E-state index in [2.05, 4.69) is 21.7 Å². The normalized spacial score (nSPS) is 12.2. The highest BCUT2D eigenvalue weighted by Crippen LogP contribution is 2.22. The number of methoxy groups -OCH3 is 1. The molecule has 1 N–H and O–H groups in total. The van der Waals surface area contributed by atoms with Gasteiger partial charge in [0.15, 0.2) is 0 Å². The summed E-state index contributed by atoms with van der Waals surface area (Å²) in [5.41, 5.74) is 1.11. The van der Waals surface area contributed by atoms with Crippen molar-refractivity contribution in [3.05, 3.63) is 52.2 Å². The van der Waals surface area contributed by atoms with Crippen molar-refractivity contribution in [3.63, 3.8) is 0 Å². The fraction of sp³-hybridized carbons (Fsp3) is 0.389. The Morgan fingerprint density at radius 1 is 1.30 bits per heavy atom. The lowest BCUT2D eigenvalue weighted by molar-refractivity contribution is -0.121. The SMILES string of the molecule is COc1cccc(CCC(=O)NCC(c2cccs2)N(C)C)c1. The zero-order valence-electron chi connectivity index (χ0n) is 13.9. The number of aryl methyl sites for hydroxylation is 1. The van der Waals surface area contributed by atoms with Gasteiger partial charge in [0.25, 0.3) is 0 Å². The van der Waals surface area contributed by atoms with Crippen molar-refractivity contribution in [3.8, 4) is 5.75 Å². The van der Waals surface area contributed by atoms with E-state index in [1.54, 1.807) is 18.4 Å². The monoisotopic (exact) mass is 332 g/mol. The maximum atomic E-state index is 12.1. The van der Waals surface area contributed by atoms with Crippen LogP contribution in [0.5, 0.6) is 5.75 Å². The highest BCUT2D eigenvalue weighted by Gasteiger charge is 2.16. The molecule has 2 aromatic rings. The van der Waals surface area contributed by atoms with Gasteiger partial charge in [0.1, 0.15) is 5.75 Å². The molecule has 0 radical (unpaired) electrons. The second-order valence-corrected chi connectivity index (χ2v) is 6.63. The maximum Gasteiger partial charge on any atom is 0.220 e. The number of nitrogens with zero attached hydrogens (tertiary/aromatic N) is 1. The number of hydrogen-bond donors (Lipinski definition) is 1. The first-order chi connectivity index (χ1) is 11.1. The minimum atomic E-state index is 0.0798. The number of hydrogen-bond acceptors (Lipinski definition) is 4. The number of carbonyl (C=O) groups excluding carboxylic acids is 1. The van der Waals surface area contributed by atoms with Crippen molar-refractivity contribution in [2.24, 2.45) is 0 Å². The molecule has 0 fully saturated rings. The first kappa shape index (κ1) is 17.5. The number of likely N-dealkylation sites (N-methyl/N-ethyl adjacent to an activating group) is 1. The molecular formula is C18H24N2O2S. The first-order valence-corrected chi connectivity index (χ1v) is 8.57. The fourth-order valence-corrected chi connectivity index (χ4v) is 3.33. The minimum Gasteiger partial charge on any atom is -0.497 e. The van der Waals surface area contributed by atoms with Crippen LogP contribution in [0.25, 0.3) is 0 Å². The fourth-order valence-electron chi connectivity index (χ4n) is 2.40. The molecule has 1 aromatic carbocycles. The molecule has 0 spiro atoms. The Bertz CT molecular complexity index is 611. The number of rotatable bonds is 8. The second-order valence-electron chi connectivity index (χ2n) is 5.65. The largest absolute Gasteiger partial charge is 0.497 e. The average molecular weight is 332 g/mol. The van der Waals surface area contributed by atoms with Gasteiger partial charge < -0.3 is 15.0 Å². The molecule has 23 heavy (non-hydrogen) atoms. The van der Waals surface area contributed by atoms with Crippen LogP contribution in [0.4, 0.5) is 0 Å². The quantitative estimate of drug-likeness (QED) is 0.807. The molecule has 1 amide bonds. The van der Waals surface area contributed by atoms with Crippen LogP contribution in [0.2, 0.25) is 0 Å². The van der Waals surface area contributed by atoms with Gasteiger partial charge in [-0.3, -0.25) is 4.79 Å². The Hall–Kier alpha value is -1.85. The molecule has 0 aliphatic rings. The van der Waals surface area contributed by atoms with E-state index >= 15 is 0 Å². The smallest absolute Gasteiger partial charge is 0.220 e. The van der Waals surface area contributed by atoms with E-state index in [-0.39, 0.29) is 11.9 Å². The van der Waals surface area contributed by atoms with Crippen LogP contribution in [-0.2, 0) is 11.2 Å². The van der Waals surface area contributed by atoms with Crippen molar-refractivity contribution < 1.29 is 9.53 Å². The van der Waals surface area contributed by atoms with E-state index in [1.807, 2.05) is 44.4 Å². The van der Waals surface area contributed by atoms with E-state index in [9.17, 15) is 4.79 Å². The molecule has 4 nitrogen and oxygen atoms in total. The topological polar surface area (TPSA) is 41.6 Å². The summed E-state index contributed by atoms with van der Waals surface area (Å²) >= 11 is 1.72. The van der Waals surface area contributed by atoms with Crippen LogP contribution in [-0.4, -0.2) is 38.6 Å². The highest BCUT2D eigenvalue weighted by molar-refractivity contribution is 7.10. The molecule has 1 aromatic heterocycles. The number of ether oxygens (including phenoxy) is 1. The molecule has 124 valence electrons. The summed E-state index contributed by atoms with van der Waals surface area (Å²) in [4.78, 5) is 15.5. The zero-order chi connectivity index (χ0) is 16.7. The summed E-state index contributed by atoms with van der Waals surface area (Å²) in [5.74, 6) is 0.907. The van der Waals surface area contributed by atoms with Crippen LogP contribution >= 0.6 is 11.3 Å². The van der Waals surface area contributed by atoms with Gasteiger partial charge in [-0.25, -0.2) is 0 Å². The summed E-state index contributed by atoms with van der Waals surface area (Å²) in [5, 5.41) is 5.11. The summed E-state index contributed by atoms with van der Waals surface area (Å²) in [6.07, 6.45) is 1.20. The molecule has 0 aliphatic heterocycles. The second kappa shape index (κ2) is 8.70. The minimum absolute atomic E-state index is 0.0798. The standard InChI is InChI=1S/C18H24N2O2S/c1-20(2)16(17-8-5-11-23-17)13-19-18(21)10-9-14-6-4-7-15(12-14)22-3/h4-8,11-12,16H,9-10,13H2,1-3H3,(H,19,21). The van der Waals surface area contributed by atoms with E-state index in [1.165, 1.54) is 4.88 Å². The predicted octanol–water partition coefficient (Wildman–Crippen LogP) is 3.11. The third-order valence-electron chi connectivity index (χ3n) is 3.76. The van der Waals surface area contributed by atoms with Gasteiger partial charge in [-0.1, -0.05) is 18.2 Å².